The van der Waals surface area contributed by atoms with E-state index >= 15 is 0 Å². The van der Waals surface area contributed by atoms with Gasteiger partial charge in [0, 0.05) is 7.11 Å². The van der Waals surface area contributed by atoms with Crippen LogP contribution in [0, 0.1) is 0 Å². The molecular weight excluding hydrogens is 152 g/mol. The first-order valence-corrected chi connectivity index (χ1v) is 3.26. The Morgan fingerprint density at radius 1 is 1.27 bits per heavy atom. The molecule has 5 heteroatoms. The number of hydrogen-bond acceptors (Lipinski definition) is 5. The molecule has 0 saturated heterocycles. The van der Waals surface area contributed by atoms with Crippen LogP contribution in [0.15, 0.2) is 0 Å². The van der Waals surface area contributed by atoms with E-state index in [1.54, 1.807) is 0 Å². The fraction of sp³-hybridized carbons (Fsp3) is 1.00. The molecule has 0 amide bonds. The SMILES string of the molecule is COCO[C@H](CO)C(O)CO. The van der Waals surface area contributed by atoms with Crippen molar-refractivity contribution in [2.75, 3.05) is 27.1 Å². The van der Waals surface area contributed by atoms with E-state index in [2.05, 4.69) is 4.74 Å². The second-order valence-electron chi connectivity index (χ2n) is 2.04. The maximum absolute atomic E-state index is 8.95. The van der Waals surface area contributed by atoms with E-state index in [-0.39, 0.29) is 13.4 Å². The largest absolute Gasteiger partial charge is 0.394 e. The molecule has 0 saturated carbocycles. The topological polar surface area (TPSA) is 79.2 Å². The average Bonchev–Trinajstić information content (AvgIpc) is 2.05. The van der Waals surface area contributed by atoms with Gasteiger partial charge < -0.3 is 24.8 Å². The second-order valence-corrected chi connectivity index (χ2v) is 2.04. The molecule has 2 atom stereocenters. The Bertz CT molecular complexity index is 87.0. The Morgan fingerprint density at radius 3 is 2.27 bits per heavy atom. The number of hydrogen-bond donors (Lipinski definition) is 3. The summed E-state index contributed by atoms with van der Waals surface area (Å²) in [6, 6.07) is 0. The van der Waals surface area contributed by atoms with Gasteiger partial charge in [0.25, 0.3) is 0 Å². The van der Waals surface area contributed by atoms with Crippen LogP contribution in [0.3, 0.4) is 0 Å². The molecule has 0 aromatic rings. The van der Waals surface area contributed by atoms with Crippen LogP contribution in [-0.2, 0) is 9.47 Å². The molecule has 0 aliphatic carbocycles. The summed E-state index contributed by atoms with van der Waals surface area (Å²) in [6.07, 6.45) is -1.84. The van der Waals surface area contributed by atoms with Gasteiger partial charge in [-0.1, -0.05) is 0 Å². The molecule has 0 aliphatic heterocycles. The van der Waals surface area contributed by atoms with Crippen LogP contribution in [-0.4, -0.2) is 54.6 Å². The van der Waals surface area contributed by atoms with E-state index in [1.165, 1.54) is 7.11 Å². The van der Waals surface area contributed by atoms with Crippen LogP contribution in [0.2, 0.25) is 0 Å². The van der Waals surface area contributed by atoms with Crippen molar-refractivity contribution in [3.05, 3.63) is 0 Å². The predicted molar refractivity (Wildman–Crippen MR) is 36.9 cm³/mol. The van der Waals surface area contributed by atoms with Gasteiger partial charge >= 0.3 is 0 Å². The molecule has 0 aliphatic rings. The number of ether oxygens (including phenoxy) is 2. The van der Waals surface area contributed by atoms with Crippen molar-refractivity contribution in [2.24, 2.45) is 0 Å². The van der Waals surface area contributed by atoms with Crippen molar-refractivity contribution in [1.29, 1.82) is 0 Å². The van der Waals surface area contributed by atoms with E-state index in [0.717, 1.165) is 0 Å². The molecule has 0 aromatic heterocycles. The summed E-state index contributed by atoms with van der Waals surface area (Å²) in [5, 5.41) is 26.0. The first kappa shape index (κ1) is 10.8. The van der Waals surface area contributed by atoms with Crippen molar-refractivity contribution in [2.45, 2.75) is 12.2 Å². The van der Waals surface area contributed by atoms with E-state index in [9.17, 15) is 0 Å². The molecule has 0 radical (unpaired) electrons. The molecule has 0 rings (SSSR count). The van der Waals surface area contributed by atoms with Gasteiger partial charge in [-0.15, -0.1) is 0 Å². The van der Waals surface area contributed by atoms with Crippen LogP contribution in [0.4, 0.5) is 0 Å². The van der Waals surface area contributed by atoms with E-state index in [0.29, 0.717) is 0 Å². The summed E-state index contributed by atoms with van der Waals surface area (Å²) in [4.78, 5) is 0. The zero-order valence-electron chi connectivity index (χ0n) is 6.43. The Balaban J connectivity index is 3.56. The maximum Gasteiger partial charge on any atom is 0.146 e. The summed E-state index contributed by atoms with van der Waals surface area (Å²) < 4.78 is 9.35. The van der Waals surface area contributed by atoms with Crippen molar-refractivity contribution >= 4 is 0 Å². The fourth-order valence-corrected chi connectivity index (χ4v) is 0.558. The number of aliphatic hydroxyl groups is 3. The molecular formula is C6H14O5. The van der Waals surface area contributed by atoms with Gasteiger partial charge in [0.2, 0.25) is 0 Å². The molecule has 0 heterocycles. The molecule has 0 bridgehead atoms. The molecule has 1 unspecified atom stereocenters. The lowest BCUT2D eigenvalue weighted by Gasteiger charge is -2.18. The molecule has 3 N–H and O–H groups in total. The number of aliphatic hydroxyl groups excluding tert-OH is 3. The highest BCUT2D eigenvalue weighted by molar-refractivity contribution is 4.65. The smallest absolute Gasteiger partial charge is 0.146 e. The van der Waals surface area contributed by atoms with Crippen molar-refractivity contribution in [3.63, 3.8) is 0 Å². The first-order chi connectivity index (χ1) is 5.26. The second kappa shape index (κ2) is 6.51. The molecule has 5 nitrogen and oxygen atoms in total. The average molecular weight is 166 g/mol. The summed E-state index contributed by atoms with van der Waals surface area (Å²) in [5.74, 6) is 0. The molecule has 0 spiro atoms. The van der Waals surface area contributed by atoms with Crippen molar-refractivity contribution in [1.82, 2.24) is 0 Å². The zero-order chi connectivity index (χ0) is 8.69. The standard InChI is InChI=1S/C6H14O5/c1-10-4-11-6(3-8)5(9)2-7/h5-9H,2-4H2,1H3/t5?,6-/m1/s1. The fourth-order valence-electron chi connectivity index (χ4n) is 0.558. The minimum absolute atomic E-state index is 0.0116. The third kappa shape index (κ3) is 4.28. The Kier molecular flexibility index (Phi) is 6.39. The third-order valence-corrected chi connectivity index (χ3v) is 1.20. The summed E-state index contributed by atoms with van der Waals surface area (Å²) in [6.45, 7) is -0.789. The van der Waals surface area contributed by atoms with E-state index in [1.807, 2.05) is 0 Å². The van der Waals surface area contributed by atoms with Gasteiger partial charge in [0.05, 0.1) is 13.2 Å². The molecule has 68 valence electrons. The van der Waals surface area contributed by atoms with Crippen molar-refractivity contribution < 1.29 is 24.8 Å². The number of rotatable bonds is 6. The molecule has 11 heavy (non-hydrogen) atoms. The third-order valence-electron chi connectivity index (χ3n) is 1.20. The maximum atomic E-state index is 8.95. The van der Waals surface area contributed by atoms with Gasteiger partial charge in [-0.05, 0) is 0 Å². The minimum Gasteiger partial charge on any atom is -0.394 e. The highest BCUT2D eigenvalue weighted by Gasteiger charge is 2.17. The highest BCUT2D eigenvalue weighted by Crippen LogP contribution is 1.97. The highest BCUT2D eigenvalue weighted by atomic mass is 16.7. The van der Waals surface area contributed by atoms with Gasteiger partial charge in [-0.3, -0.25) is 0 Å². The van der Waals surface area contributed by atoms with Crippen LogP contribution in [0.5, 0.6) is 0 Å². The van der Waals surface area contributed by atoms with Gasteiger partial charge in [-0.25, -0.2) is 0 Å². The van der Waals surface area contributed by atoms with E-state index < -0.39 is 18.8 Å². The van der Waals surface area contributed by atoms with E-state index in [4.69, 9.17) is 20.1 Å². The van der Waals surface area contributed by atoms with Crippen LogP contribution in [0.25, 0.3) is 0 Å². The summed E-state index contributed by atoms with van der Waals surface area (Å²) >= 11 is 0. The number of methoxy groups -OCH3 is 1. The zero-order valence-corrected chi connectivity index (χ0v) is 6.43. The Labute approximate surface area is 65.2 Å². The Morgan fingerprint density at radius 2 is 1.91 bits per heavy atom. The molecule has 0 fully saturated rings. The first-order valence-electron chi connectivity index (χ1n) is 3.26. The van der Waals surface area contributed by atoms with Gasteiger partial charge in [-0.2, -0.15) is 0 Å². The summed E-state index contributed by atoms with van der Waals surface area (Å²) in [5.41, 5.74) is 0. The monoisotopic (exact) mass is 166 g/mol. The van der Waals surface area contributed by atoms with Crippen LogP contribution >= 0.6 is 0 Å². The minimum atomic E-state index is -1.06. The van der Waals surface area contributed by atoms with Crippen LogP contribution in [0.1, 0.15) is 0 Å². The molecule has 0 aromatic carbocycles. The van der Waals surface area contributed by atoms with Crippen molar-refractivity contribution in [3.8, 4) is 0 Å². The van der Waals surface area contributed by atoms with Gasteiger partial charge in [0.15, 0.2) is 0 Å². The quantitative estimate of drug-likeness (QED) is 0.411. The van der Waals surface area contributed by atoms with Crippen LogP contribution < -0.4 is 0 Å². The van der Waals surface area contributed by atoms with Gasteiger partial charge in [0.1, 0.15) is 19.0 Å². The lowest BCUT2D eigenvalue weighted by atomic mass is 10.2. The lowest BCUT2D eigenvalue weighted by Crippen LogP contribution is -2.35. The normalized spacial score (nSPS) is 16.4. The predicted octanol–water partition coefficient (Wildman–Crippen LogP) is -1.68. The lowest BCUT2D eigenvalue weighted by molar-refractivity contribution is -0.135. The Hall–Kier alpha value is -0.200. The summed E-state index contributed by atoms with van der Waals surface area (Å²) in [7, 11) is 1.43.